The molecule has 0 radical (unpaired) electrons. The van der Waals surface area contributed by atoms with E-state index in [0.29, 0.717) is 12.4 Å². The van der Waals surface area contributed by atoms with Gasteiger partial charge in [-0.2, -0.15) is 0 Å². The molecular weight excluding hydrogens is 300 g/mol. The Morgan fingerprint density at radius 3 is 2.57 bits per heavy atom. The van der Waals surface area contributed by atoms with Gasteiger partial charge in [0.15, 0.2) is 8.32 Å². The van der Waals surface area contributed by atoms with E-state index < -0.39 is 8.32 Å². The lowest BCUT2D eigenvalue weighted by Gasteiger charge is -2.35. The number of rotatable bonds is 5. The van der Waals surface area contributed by atoms with Gasteiger partial charge in [-0.25, -0.2) is 0 Å². The van der Waals surface area contributed by atoms with Crippen molar-refractivity contribution in [2.45, 2.75) is 64.1 Å². The van der Waals surface area contributed by atoms with Crippen LogP contribution in [0.2, 0.25) is 18.1 Å². The minimum atomic E-state index is -1.70. The van der Waals surface area contributed by atoms with E-state index >= 15 is 0 Å². The zero-order valence-electron chi connectivity index (χ0n) is 15.2. The predicted molar refractivity (Wildman–Crippen MR) is 100 cm³/mol. The van der Waals surface area contributed by atoms with E-state index in [9.17, 15) is 4.79 Å². The smallest absolute Gasteiger partial charge is 0.192 e. The molecule has 1 unspecified atom stereocenters. The van der Waals surface area contributed by atoms with Crippen molar-refractivity contribution in [3.8, 4) is 0 Å². The Morgan fingerprint density at radius 1 is 1.26 bits per heavy atom. The highest BCUT2D eigenvalue weighted by Crippen LogP contribution is 2.36. The normalized spacial score (nSPS) is 19.7. The molecule has 2 rings (SSSR count). The Bertz CT molecular complexity index is 582. The molecular formula is C20H30O2Si. The maximum absolute atomic E-state index is 12.1. The summed E-state index contributed by atoms with van der Waals surface area (Å²) < 4.78 is 6.19. The van der Waals surface area contributed by atoms with Gasteiger partial charge in [-0.15, -0.1) is 0 Å². The molecule has 0 amide bonds. The van der Waals surface area contributed by atoms with Crippen LogP contribution in [0.1, 0.15) is 57.1 Å². The van der Waals surface area contributed by atoms with Crippen molar-refractivity contribution >= 4 is 20.2 Å². The highest BCUT2D eigenvalue weighted by Gasteiger charge is 2.36. The Balaban J connectivity index is 2.05. The number of hydrogen-bond acceptors (Lipinski definition) is 2. The van der Waals surface area contributed by atoms with Crippen LogP contribution < -0.4 is 0 Å². The second kappa shape index (κ2) is 7.14. The van der Waals surface area contributed by atoms with Crippen molar-refractivity contribution in [2.75, 3.05) is 6.61 Å². The van der Waals surface area contributed by atoms with Gasteiger partial charge in [-0.3, -0.25) is 4.79 Å². The average molecular weight is 331 g/mol. The predicted octanol–water partition coefficient (Wildman–Crippen LogP) is 5.56. The van der Waals surface area contributed by atoms with Crippen LogP contribution in [0, 0.1) is 0 Å². The van der Waals surface area contributed by atoms with E-state index in [-0.39, 0.29) is 11.0 Å². The maximum atomic E-state index is 12.1. The Labute approximate surface area is 142 Å². The highest BCUT2D eigenvalue weighted by atomic mass is 28.4. The van der Waals surface area contributed by atoms with Crippen LogP contribution in [-0.2, 0) is 9.22 Å². The summed E-state index contributed by atoms with van der Waals surface area (Å²) >= 11 is 0. The van der Waals surface area contributed by atoms with Crippen molar-refractivity contribution in [3.63, 3.8) is 0 Å². The fourth-order valence-electron chi connectivity index (χ4n) is 2.77. The van der Waals surface area contributed by atoms with Gasteiger partial charge in [0.2, 0.25) is 0 Å². The molecule has 0 bridgehead atoms. The van der Waals surface area contributed by atoms with Crippen molar-refractivity contribution in [3.05, 3.63) is 41.5 Å². The lowest BCUT2D eigenvalue weighted by molar-refractivity contribution is -0.118. The molecule has 2 nitrogen and oxygen atoms in total. The van der Waals surface area contributed by atoms with Gasteiger partial charge in [-0.1, -0.05) is 57.2 Å². The fraction of sp³-hybridized carbons (Fsp3) is 0.550. The molecule has 23 heavy (non-hydrogen) atoms. The van der Waals surface area contributed by atoms with Crippen molar-refractivity contribution in [1.29, 1.82) is 0 Å². The van der Waals surface area contributed by atoms with Crippen LogP contribution in [0.4, 0.5) is 0 Å². The molecule has 126 valence electrons. The minimum Gasteiger partial charge on any atom is -0.413 e. The molecule has 1 aromatic rings. The molecule has 0 heterocycles. The van der Waals surface area contributed by atoms with Gasteiger partial charge >= 0.3 is 0 Å². The van der Waals surface area contributed by atoms with Gasteiger partial charge in [0, 0.05) is 12.3 Å². The SMILES string of the molecule is CC(C)(C)[Si](C)(C)OC/C=C/c1ccccc1C1CCCC1=O. The first-order valence-corrected chi connectivity index (χ1v) is 11.6. The lowest BCUT2D eigenvalue weighted by atomic mass is 9.92. The Hall–Kier alpha value is -1.19. The molecule has 0 aromatic heterocycles. The first kappa shape index (κ1) is 18.1. The first-order chi connectivity index (χ1) is 10.7. The summed E-state index contributed by atoms with van der Waals surface area (Å²) in [4.78, 5) is 12.1. The summed E-state index contributed by atoms with van der Waals surface area (Å²) in [5.41, 5.74) is 2.34. The van der Waals surface area contributed by atoms with E-state index in [1.54, 1.807) is 0 Å². The molecule has 1 fully saturated rings. The summed E-state index contributed by atoms with van der Waals surface area (Å²) in [7, 11) is -1.70. The zero-order valence-corrected chi connectivity index (χ0v) is 16.2. The van der Waals surface area contributed by atoms with E-state index in [4.69, 9.17) is 4.43 Å². The van der Waals surface area contributed by atoms with Gasteiger partial charge in [0.05, 0.1) is 6.61 Å². The molecule has 0 N–H and O–H groups in total. The second-order valence-electron chi connectivity index (χ2n) is 8.01. The summed E-state index contributed by atoms with van der Waals surface area (Å²) in [6.07, 6.45) is 6.96. The lowest BCUT2D eigenvalue weighted by Crippen LogP contribution is -2.40. The quantitative estimate of drug-likeness (QED) is 0.661. The Kier molecular flexibility index (Phi) is 5.64. The van der Waals surface area contributed by atoms with Crippen LogP contribution in [0.5, 0.6) is 0 Å². The van der Waals surface area contributed by atoms with Gasteiger partial charge in [0.1, 0.15) is 5.78 Å². The first-order valence-electron chi connectivity index (χ1n) is 8.64. The molecule has 0 aliphatic heterocycles. The average Bonchev–Trinajstić information content (AvgIpc) is 2.89. The van der Waals surface area contributed by atoms with Gasteiger partial charge in [-0.05, 0) is 42.1 Å². The third kappa shape index (κ3) is 4.42. The molecule has 3 heteroatoms. The van der Waals surface area contributed by atoms with Gasteiger partial charge in [0.25, 0.3) is 0 Å². The number of carbonyl (C=O) groups is 1. The molecule has 0 spiro atoms. The fourth-order valence-corrected chi connectivity index (χ4v) is 3.72. The topological polar surface area (TPSA) is 26.3 Å². The largest absolute Gasteiger partial charge is 0.413 e. The van der Waals surface area contributed by atoms with Crippen LogP contribution >= 0.6 is 0 Å². The molecule has 1 atom stereocenters. The summed E-state index contributed by atoms with van der Waals surface area (Å²) in [5.74, 6) is 0.487. The third-order valence-electron chi connectivity index (χ3n) is 5.32. The number of benzene rings is 1. The maximum Gasteiger partial charge on any atom is 0.192 e. The zero-order chi connectivity index (χ0) is 17.1. The highest BCUT2D eigenvalue weighted by molar-refractivity contribution is 6.74. The molecule has 1 aliphatic rings. The molecule has 1 aromatic carbocycles. The molecule has 0 saturated heterocycles. The third-order valence-corrected chi connectivity index (χ3v) is 9.82. The molecule has 1 aliphatic carbocycles. The number of hydrogen-bond donors (Lipinski definition) is 0. The van der Waals surface area contributed by atoms with Gasteiger partial charge < -0.3 is 4.43 Å². The Morgan fingerprint density at radius 2 is 1.96 bits per heavy atom. The van der Waals surface area contributed by atoms with Crippen LogP contribution in [0.15, 0.2) is 30.3 Å². The minimum absolute atomic E-state index is 0.0946. The van der Waals surface area contributed by atoms with Crippen LogP contribution in [0.3, 0.4) is 0 Å². The van der Waals surface area contributed by atoms with Crippen molar-refractivity contribution in [2.24, 2.45) is 0 Å². The number of Topliss-reactive ketones (excluding diaryl/α,β-unsaturated/α-hetero) is 1. The van der Waals surface area contributed by atoms with E-state index in [0.717, 1.165) is 24.8 Å². The number of carbonyl (C=O) groups excluding carboxylic acids is 1. The van der Waals surface area contributed by atoms with Crippen molar-refractivity contribution < 1.29 is 9.22 Å². The van der Waals surface area contributed by atoms with E-state index in [1.807, 2.05) is 12.1 Å². The van der Waals surface area contributed by atoms with Crippen molar-refractivity contribution in [1.82, 2.24) is 0 Å². The monoisotopic (exact) mass is 330 g/mol. The van der Waals surface area contributed by atoms with Crippen LogP contribution in [-0.4, -0.2) is 20.7 Å². The molecule has 1 saturated carbocycles. The standard InChI is InChI=1S/C20H30O2Si/c1-20(2,3)23(4,5)22-15-9-11-16-10-6-7-12-17(16)18-13-8-14-19(18)21/h6-7,9-12,18H,8,13-15H2,1-5H3/b11-9+. The van der Waals surface area contributed by atoms with E-state index in [1.165, 1.54) is 5.56 Å². The number of ketones is 1. The van der Waals surface area contributed by atoms with Crippen LogP contribution in [0.25, 0.3) is 6.08 Å². The summed E-state index contributed by atoms with van der Waals surface area (Å²) in [5, 5.41) is 0.231. The second-order valence-corrected chi connectivity index (χ2v) is 12.8. The summed E-state index contributed by atoms with van der Waals surface area (Å²) in [6.45, 7) is 11.9. The van der Waals surface area contributed by atoms with E-state index in [2.05, 4.69) is 58.2 Å². The summed E-state index contributed by atoms with van der Waals surface area (Å²) in [6, 6.07) is 8.27.